The summed E-state index contributed by atoms with van der Waals surface area (Å²) in [5, 5.41) is 7.99. The second kappa shape index (κ2) is 8.06. The molecule has 2 N–H and O–H groups in total. The number of amides is 1. The number of hydrogen-bond acceptors (Lipinski definition) is 5. The maximum absolute atomic E-state index is 13.2. The average Bonchev–Trinajstić information content (AvgIpc) is 3.12. The number of carbonyl (C=O) groups is 1. The summed E-state index contributed by atoms with van der Waals surface area (Å²) in [7, 11) is 0. The van der Waals surface area contributed by atoms with E-state index in [4.69, 9.17) is 11.6 Å². The SMILES string of the molecule is O=C(CSc1nc2c(cnn2-c2ccc(Cl)cc2)c(=O)[nH]1)Nc1cccc(F)c1. The first-order valence-corrected chi connectivity index (χ1v) is 9.78. The van der Waals surface area contributed by atoms with Crippen LogP contribution in [0.5, 0.6) is 0 Å². The molecule has 0 spiro atoms. The molecule has 29 heavy (non-hydrogen) atoms. The van der Waals surface area contributed by atoms with Crippen molar-refractivity contribution in [1.29, 1.82) is 0 Å². The van der Waals surface area contributed by atoms with Crippen molar-refractivity contribution in [1.82, 2.24) is 19.7 Å². The molecular formula is C19H13ClFN5O2S. The zero-order valence-corrected chi connectivity index (χ0v) is 16.3. The molecule has 0 radical (unpaired) electrons. The van der Waals surface area contributed by atoms with Crippen molar-refractivity contribution in [3.8, 4) is 5.69 Å². The van der Waals surface area contributed by atoms with Crippen molar-refractivity contribution in [2.45, 2.75) is 5.16 Å². The van der Waals surface area contributed by atoms with E-state index in [9.17, 15) is 14.0 Å². The Kier molecular flexibility index (Phi) is 5.32. The zero-order chi connectivity index (χ0) is 20.4. The molecule has 0 atom stereocenters. The molecule has 2 aromatic heterocycles. The number of nitrogens with zero attached hydrogens (tertiary/aromatic N) is 3. The topological polar surface area (TPSA) is 92.7 Å². The third kappa shape index (κ3) is 4.30. The van der Waals surface area contributed by atoms with E-state index in [2.05, 4.69) is 20.4 Å². The fourth-order valence-electron chi connectivity index (χ4n) is 2.64. The second-order valence-corrected chi connectivity index (χ2v) is 7.39. The fraction of sp³-hybridized carbons (Fsp3) is 0.0526. The van der Waals surface area contributed by atoms with Crippen LogP contribution in [0.1, 0.15) is 0 Å². The molecule has 1 amide bonds. The minimum atomic E-state index is -0.442. The molecule has 0 unspecified atom stereocenters. The first kappa shape index (κ1) is 19.2. The number of aromatic nitrogens is 4. The normalized spacial score (nSPS) is 11.0. The van der Waals surface area contributed by atoms with E-state index in [1.165, 1.54) is 29.1 Å². The third-order valence-corrected chi connectivity index (χ3v) is 5.06. The van der Waals surface area contributed by atoms with Gasteiger partial charge < -0.3 is 10.3 Å². The highest BCUT2D eigenvalue weighted by molar-refractivity contribution is 7.99. The van der Waals surface area contributed by atoms with Crippen LogP contribution < -0.4 is 10.9 Å². The van der Waals surface area contributed by atoms with Crippen molar-refractivity contribution in [3.63, 3.8) is 0 Å². The van der Waals surface area contributed by atoms with Gasteiger partial charge in [0, 0.05) is 10.7 Å². The van der Waals surface area contributed by atoms with Gasteiger partial charge in [-0.3, -0.25) is 9.59 Å². The Morgan fingerprint density at radius 1 is 1.24 bits per heavy atom. The summed E-state index contributed by atoms with van der Waals surface area (Å²) >= 11 is 6.97. The number of rotatable bonds is 5. The number of nitrogens with one attached hydrogen (secondary N) is 2. The van der Waals surface area contributed by atoms with Crippen molar-refractivity contribution in [3.05, 3.63) is 75.9 Å². The number of anilines is 1. The van der Waals surface area contributed by atoms with Crippen LogP contribution in [0.15, 0.2) is 64.7 Å². The molecule has 146 valence electrons. The molecule has 0 aliphatic carbocycles. The molecule has 0 saturated heterocycles. The molecular weight excluding hydrogens is 417 g/mol. The highest BCUT2D eigenvalue weighted by atomic mass is 35.5. The van der Waals surface area contributed by atoms with E-state index in [-0.39, 0.29) is 22.4 Å². The predicted octanol–water partition coefficient (Wildman–Crippen LogP) is 3.63. The van der Waals surface area contributed by atoms with Gasteiger partial charge in [0.1, 0.15) is 11.2 Å². The van der Waals surface area contributed by atoms with Gasteiger partial charge >= 0.3 is 0 Å². The van der Waals surface area contributed by atoms with Gasteiger partial charge in [0.15, 0.2) is 10.8 Å². The van der Waals surface area contributed by atoms with Gasteiger partial charge in [-0.05, 0) is 42.5 Å². The molecule has 0 aliphatic rings. The third-order valence-electron chi connectivity index (χ3n) is 3.94. The van der Waals surface area contributed by atoms with Crippen LogP contribution in [0.3, 0.4) is 0 Å². The Hall–Kier alpha value is -3.17. The molecule has 0 aliphatic heterocycles. The summed E-state index contributed by atoms with van der Waals surface area (Å²) < 4.78 is 14.7. The van der Waals surface area contributed by atoms with Gasteiger partial charge in [0.2, 0.25) is 5.91 Å². The van der Waals surface area contributed by atoms with Gasteiger partial charge in [-0.25, -0.2) is 14.1 Å². The van der Waals surface area contributed by atoms with Crippen LogP contribution in [-0.2, 0) is 4.79 Å². The Morgan fingerprint density at radius 2 is 2.03 bits per heavy atom. The Morgan fingerprint density at radius 3 is 2.79 bits per heavy atom. The Labute approximate surface area is 172 Å². The number of benzene rings is 2. The van der Waals surface area contributed by atoms with Crippen molar-refractivity contribution >= 4 is 46.0 Å². The molecule has 0 bridgehead atoms. The number of fused-ring (bicyclic) bond motifs is 1. The highest BCUT2D eigenvalue weighted by Crippen LogP contribution is 2.19. The number of H-pyrrole nitrogens is 1. The van der Waals surface area contributed by atoms with E-state index in [1.54, 1.807) is 30.3 Å². The van der Waals surface area contributed by atoms with E-state index in [0.717, 1.165) is 11.8 Å². The van der Waals surface area contributed by atoms with Gasteiger partial charge in [0.05, 0.1) is 17.6 Å². The van der Waals surface area contributed by atoms with E-state index < -0.39 is 5.82 Å². The first-order valence-electron chi connectivity index (χ1n) is 8.42. The van der Waals surface area contributed by atoms with Crippen molar-refractivity contribution < 1.29 is 9.18 Å². The quantitative estimate of drug-likeness (QED) is 0.373. The number of thioether (sulfide) groups is 1. The van der Waals surface area contributed by atoms with E-state index in [1.807, 2.05) is 0 Å². The second-order valence-electron chi connectivity index (χ2n) is 5.99. The van der Waals surface area contributed by atoms with Crippen LogP contribution in [0.2, 0.25) is 5.02 Å². The number of aromatic amines is 1. The molecule has 7 nitrogen and oxygen atoms in total. The molecule has 0 saturated carbocycles. The molecule has 4 aromatic rings. The number of carbonyl (C=O) groups excluding carboxylic acids is 1. The lowest BCUT2D eigenvalue weighted by Gasteiger charge is -2.06. The summed E-state index contributed by atoms with van der Waals surface area (Å²) in [6.07, 6.45) is 1.43. The predicted molar refractivity (Wildman–Crippen MR) is 110 cm³/mol. The molecule has 0 fully saturated rings. The Balaban J connectivity index is 1.55. The monoisotopic (exact) mass is 429 g/mol. The summed E-state index contributed by atoms with van der Waals surface area (Å²) in [5.41, 5.74) is 1.06. The minimum absolute atomic E-state index is 0.0138. The van der Waals surface area contributed by atoms with E-state index in [0.29, 0.717) is 27.4 Å². The molecule has 10 heteroatoms. The van der Waals surface area contributed by atoms with Gasteiger partial charge in [-0.2, -0.15) is 5.10 Å². The molecule has 2 heterocycles. The smallest absolute Gasteiger partial charge is 0.262 e. The Bertz CT molecular complexity index is 1260. The van der Waals surface area contributed by atoms with Crippen molar-refractivity contribution in [2.75, 3.05) is 11.1 Å². The summed E-state index contributed by atoms with van der Waals surface area (Å²) in [6.45, 7) is 0. The molecule has 4 rings (SSSR count). The summed E-state index contributed by atoms with van der Waals surface area (Å²) in [4.78, 5) is 31.5. The van der Waals surface area contributed by atoms with Crippen LogP contribution >= 0.6 is 23.4 Å². The zero-order valence-electron chi connectivity index (χ0n) is 14.7. The lowest BCUT2D eigenvalue weighted by Crippen LogP contribution is -2.15. The molecule has 2 aromatic carbocycles. The lowest BCUT2D eigenvalue weighted by molar-refractivity contribution is -0.113. The fourth-order valence-corrected chi connectivity index (χ4v) is 3.42. The van der Waals surface area contributed by atoms with Gasteiger partial charge in [0.25, 0.3) is 5.56 Å². The van der Waals surface area contributed by atoms with E-state index >= 15 is 0 Å². The van der Waals surface area contributed by atoms with Gasteiger partial charge in [-0.1, -0.05) is 29.4 Å². The maximum atomic E-state index is 13.2. The van der Waals surface area contributed by atoms with Crippen LogP contribution in [-0.4, -0.2) is 31.4 Å². The summed E-state index contributed by atoms with van der Waals surface area (Å²) in [6, 6.07) is 12.5. The van der Waals surface area contributed by atoms with Crippen molar-refractivity contribution in [2.24, 2.45) is 0 Å². The first-order chi connectivity index (χ1) is 14.0. The minimum Gasteiger partial charge on any atom is -0.325 e. The van der Waals surface area contributed by atoms with Crippen LogP contribution in [0.4, 0.5) is 10.1 Å². The highest BCUT2D eigenvalue weighted by Gasteiger charge is 2.13. The number of hydrogen-bond donors (Lipinski definition) is 2. The average molecular weight is 430 g/mol. The standard InChI is InChI=1S/C19H13ClFN5O2S/c20-11-4-6-14(7-5-11)26-17-15(9-22-26)18(28)25-19(24-17)29-10-16(27)23-13-3-1-2-12(21)8-13/h1-9H,10H2,(H,23,27)(H,24,25,28). The number of halogens is 2. The summed E-state index contributed by atoms with van der Waals surface area (Å²) in [5.74, 6) is -0.808. The van der Waals surface area contributed by atoms with Crippen LogP contribution in [0.25, 0.3) is 16.7 Å². The van der Waals surface area contributed by atoms with Crippen LogP contribution in [0, 0.1) is 5.82 Å². The van der Waals surface area contributed by atoms with Gasteiger partial charge in [-0.15, -0.1) is 0 Å². The lowest BCUT2D eigenvalue weighted by atomic mass is 10.3. The largest absolute Gasteiger partial charge is 0.325 e. The maximum Gasteiger partial charge on any atom is 0.262 e.